The summed E-state index contributed by atoms with van der Waals surface area (Å²) in [5.74, 6) is 0.802. The predicted octanol–water partition coefficient (Wildman–Crippen LogP) is 6.29. The van der Waals surface area contributed by atoms with Gasteiger partial charge in [-0.2, -0.15) is 0 Å². The van der Waals surface area contributed by atoms with E-state index in [1.807, 2.05) is 40.5 Å². The van der Waals surface area contributed by atoms with Crippen LogP contribution < -0.4 is 10.1 Å². The average Bonchev–Trinajstić information content (AvgIpc) is 3.45. The maximum absolute atomic E-state index is 14.1. The van der Waals surface area contributed by atoms with Crippen LogP contribution in [0.25, 0.3) is 5.00 Å². The molecule has 0 radical (unpaired) electrons. The monoisotopic (exact) mass is 512 g/mol. The van der Waals surface area contributed by atoms with E-state index in [4.69, 9.17) is 4.74 Å². The van der Waals surface area contributed by atoms with Crippen LogP contribution in [0.4, 0.5) is 10.5 Å². The van der Waals surface area contributed by atoms with Crippen molar-refractivity contribution in [3.8, 4) is 10.8 Å². The van der Waals surface area contributed by atoms with Crippen molar-refractivity contribution in [1.82, 2.24) is 14.4 Å². The largest absolute Gasteiger partial charge is 0.497 e. The molecular weight excluding hydrogens is 480 g/mol. The molecule has 0 fully saturated rings. The van der Waals surface area contributed by atoms with Crippen molar-refractivity contribution in [1.29, 1.82) is 0 Å². The Balaban J connectivity index is 1.48. The van der Waals surface area contributed by atoms with Crippen molar-refractivity contribution < 1.29 is 9.53 Å². The highest BCUT2D eigenvalue weighted by molar-refractivity contribution is 7.15. The lowest BCUT2D eigenvalue weighted by Crippen LogP contribution is -2.38. The molecule has 0 aliphatic carbocycles. The maximum atomic E-state index is 14.1. The summed E-state index contributed by atoms with van der Waals surface area (Å²) in [5, 5.41) is 4.46. The van der Waals surface area contributed by atoms with Crippen molar-refractivity contribution in [3.05, 3.63) is 99.2 Å². The topological polar surface area (TPSA) is 49.7 Å². The maximum Gasteiger partial charge on any atom is 0.322 e. The molecular formula is C30H32N4O2S. The summed E-state index contributed by atoms with van der Waals surface area (Å²) in [6.07, 6.45) is 3.15. The highest BCUT2D eigenvalue weighted by atomic mass is 32.1. The molecule has 4 aromatic rings. The third kappa shape index (κ3) is 4.32. The molecule has 1 atom stereocenters. The number of likely N-dealkylation sites (N-methyl/N-ethyl adjacent to an activating group) is 1. The first-order valence-electron chi connectivity index (χ1n) is 12.7. The molecule has 2 aromatic heterocycles. The van der Waals surface area contributed by atoms with E-state index in [0.29, 0.717) is 6.54 Å². The van der Waals surface area contributed by atoms with E-state index in [0.717, 1.165) is 53.3 Å². The fourth-order valence-electron chi connectivity index (χ4n) is 5.73. The Kier molecular flexibility index (Phi) is 6.05. The lowest BCUT2D eigenvalue weighted by Gasteiger charge is -2.32. The molecule has 2 aromatic carbocycles. The summed E-state index contributed by atoms with van der Waals surface area (Å²) in [4.78, 5) is 19.9. The van der Waals surface area contributed by atoms with Gasteiger partial charge in [-0.15, -0.1) is 11.3 Å². The van der Waals surface area contributed by atoms with Gasteiger partial charge in [0.25, 0.3) is 0 Å². The number of hydrogen-bond donors (Lipinski definition) is 1. The highest BCUT2D eigenvalue weighted by Crippen LogP contribution is 2.43. The smallest absolute Gasteiger partial charge is 0.322 e. The Hall–Kier alpha value is -3.55. The first-order valence-corrected chi connectivity index (χ1v) is 13.5. The van der Waals surface area contributed by atoms with Crippen LogP contribution in [0.3, 0.4) is 0 Å². The second-order valence-electron chi connectivity index (χ2n) is 10.2. The Labute approximate surface area is 222 Å². The molecule has 0 unspecified atom stereocenters. The zero-order chi connectivity index (χ0) is 25.7. The number of ether oxygens (including phenoxy) is 1. The van der Waals surface area contributed by atoms with Crippen LogP contribution in [-0.2, 0) is 19.5 Å². The third-order valence-electron chi connectivity index (χ3n) is 7.42. The van der Waals surface area contributed by atoms with E-state index in [9.17, 15) is 4.79 Å². The summed E-state index contributed by atoms with van der Waals surface area (Å²) in [6.45, 7) is 6.66. The van der Waals surface area contributed by atoms with E-state index in [2.05, 4.69) is 72.2 Å². The van der Waals surface area contributed by atoms with Crippen LogP contribution in [0, 0.1) is 13.8 Å². The molecule has 2 aliphatic heterocycles. The summed E-state index contributed by atoms with van der Waals surface area (Å²) in [5.41, 5.74) is 7.92. The zero-order valence-corrected chi connectivity index (χ0v) is 22.6. The first-order chi connectivity index (χ1) is 17.9. The number of fused-ring (bicyclic) bond motifs is 5. The minimum Gasteiger partial charge on any atom is -0.497 e. The fourth-order valence-corrected chi connectivity index (χ4v) is 7.17. The number of anilines is 1. The molecule has 4 heterocycles. The van der Waals surface area contributed by atoms with E-state index >= 15 is 0 Å². The Morgan fingerprint density at radius 1 is 1.03 bits per heavy atom. The molecule has 2 aliphatic rings. The van der Waals surface area contributed by atoms with Gasteiger partial charge in [-0.05, 0) is 86.0 Å². The number of methoxy groups -OCH3 is 1. The molecule has 37 heavy (non-hydrogen) atoms. The number of carbonyl (C=O) groups is 1. The first kappa shape index (κ1) is 23.8. The number of nitrogens with one attached hydrogen (secondary N) is 1. The van der Waals surface area contributed by atoms with Crippen LogP contribution in [0.2, 0.25) is 0 Å². The van der Waals surface area contributed by atoms with Gasteiger partial charge in [0.15, 0.2) is 0 Å². The van der Waals surface area contributed by atoms with E-state index in [-0.39, 0.29) is 12.1 Å². The molecule has 190 valence electrons. The van der Waals surface area contributed by atoms with Gasteiger partial charge in [-0.1, -0.05) is 18.2 Å². The zero-order valence-electron chi connectivity index (χ0n) is 21.7. The summed E-state index contributed by atoms with van der Waals surface area (Å²) >= 11 is 1.87. The number of amides is 2. The summed E-state index contributed by atoms with van der Waals surface area (Å²) in [6, 6.07) is 18.2. The lowest BCUT2D eigenvalue weighted by atomic mass is 10.00. The fraction of sp³-hybridized carbons (Fsp3) is 0.300. The highest BCUT2D eigenvalue weighted by Gasteiger charge is 2.36. The number of hydrogen-bond acceptors (Lipinski definition) is 4. The van der Waals surface area contributed by atoms with Crippen molar-refractivity contribution in [3.63, 3.8) is 0 Å². The van der Waals surface area contributed by atoms with Gasteiger partial charge in [0, 0.05) is 35.4 Å². The number of aryl methyl sites for hydroxylation is 2. The molecule has 1 N–H and O–H groups in total. The van der Waals surface area contributed by atoms with E-state index < -0.39 is 0 Å². The van der Waals surface area contributed by atoms with Gasteiger partial charge in [0.2, 0.25) is 0 Å². The number of aromatic nitrogens is 1. The second-order valence-corrected chi connectivity index (χ2v) is 11.3. The van der Waals surface area contributed by atoms with Gasteiger partial charge < -0.3 is 24.4 Å². The van der Waals surface area contributed by atoms with Crippen molar-refractivity contribution in [2.75, 3.05) is 26.0 Å². The molecule has 2 amide bonds. The Morgan fingerprint density at radius 2 is 1.78 bits per heavy atom. The van der Waals surface area contributed by atoms with Crippen LogP contribution in [0.1, 0.15) is 44.4 Å². The van der Waals surface area contributed by atoms with Crippen LogP contribution in [-0.4, -0.2) is 41.1 Å². The normalized spacial score (nSPS) is 17.0. The van der Waals surface area contributed by atoms with Gasteiger partial charge in [0.05, 0.1) is 25.4 Å². The quantitative estimate of drug-likeness (QED) is 0.351. The van der Waals surface area contributed by atoms with Crippen molar-refractivity contribution in [2.24, 2.45) is 0 Å². The molecule has 6 rings (SSSR count). The number of thiophene rings is 1. The van der Waals surface area contributed by atoms with E-state index in [1.54, 1.807) is 7.11 Å². The number of nitrogens with zero attached hydrogens (tertiary/aromatic N) is 3. The number of urea groups is 1. The van der Waals surface area contributed by atoms with Crippen LogP contribution >= 0.6 is 11.3 Å². The Morgan fingerprint density at radius 3 is 2.51 bits per heavy atom. The number of rotatable bonds is 3. The minimum atomic E-state index is -0.242. The van der Waals surface area contributed by atoms with Gasteiger partial charge in [-0.25, -0.2) is 4.79 Å². The molecule has 0 saturated carbocycles. The molecule has 7 heteroatoms. The molecule has 0 saturated heterocycles. The standard InChI is InChI=1S/C30H32N4O2S/c1-19-14-20(2)16-22(15-19)31-30(35)34-17-25-24-11-13-32(3)18-27(24)37-29(25)33-12-5-6-26(33)28(34)21-7-9-23(36-4)10-8-21/h5-10,12,14-16,28H,11,13,17-18H2,1-4H3,(H,31,35)/t28-/m0/s1. The third-order valence-corrected chi connectivity index (χ3v) is 8.68. The van der Waals surface area contributed by atoms with Gasteiger partial charge >= 0.3 is 6.03 Å². The van der Waals surface area contributed by atoms with Gasteiger partial charge in [0.1, 0.15) is 10.8 Å². The molecule has 6 nitrogen and oxygen atoms in total. The minimum absolute atomic E-state index is 0.0979. The van der Waals surface area contributed by atoms with Crippen LogP contribution in [0.15, 0.2) is 60.8 Å². The van der Waals surface area contributed by atoms with Crippen molar-refractivity contribution >= 4 is 23.1 Å². The Bertz CT molecular complexity index is 1450. The number of carbonyl (C=O) groups excluding carboxylic acids is 1. The second kappa shape index (κ2) is 9.39. The number of benzene rings is 2. The predicted molar refractivity (Wildman–Crippen MR) is 149 cm³/mol. The average molecular weight is 513 g/mol. The summed E-state index contributed by atoms with van der Waals surface area (Å²) < 4.78 is 7.72. The lowest BCUT2D eigenvalue weighted by molar-refractivity contribution is 0.194. The summed E-state index contributed by atoms with van der Waals surface area (Å²) in [7, 11) is 3.85. The van der Waals surface area contributed by atoms with Crippen LogP contribution in [0.5, 0.6) is 5.75 Å². The molecule has 0 spiro atoms. The van der Waals surface area contributed by atoms with Crippen molar-refractivity contribution in [2.45, 2.75) is 39.4 Å². The van der Waals surface area contributed by atoms with Gasteiger partial charge in [-0.3, -0.25) is 0 Å². The van der Waals surface area contributed by atoms with E-state index in [1.165, 1.54) is 21.0 Å². The SMILES string of the molecule is COc1ccc([C@H]2c3cccn3-c3sc4c(c3CN2C(=O)Nc2cc(C)cc(C)c2)CCN(C)C4)cc1. The molecule has 0 bridgehead atoms.